The van der Waals surface area contributed by atoms with E-state index in [9.17, 15) is 5.11 Å². The minimum atomic E-state index is 0.0603. The summed E-state index contributed by atoms with van der Waals surface area (Å²) in [7, 11) is 3.42. The van der Waals surface area contributed by atoms with Crippen molar-refractivity contribution in [2.75, 3.05) is 45.4 Å². The Morgan fingerprint density at radius 2 is 1.84 bits per heavy atom. The lowest BCUT2D eigenvalue weighted by Gasteiger charge is -2.27. The van der Waals surface area contributed by atoms with Gasteiger partial charge in [-0.2, -0.15) is 0 Å². The highest BCUT2D eigenvalue weighted by Gasteiger charge is 2.10. The molecule has 1 aromatic carbocycles. The van der Waals surface area contributed by atoms with E-state index in [1.165, 1.54) is 0 Å². The van der Waals surface area contributed by atoms with Gasteiger partial charge in [-0.3, -0.25) is 0 Å². The van der Waals surface area contributed by atoms with Crippen LogP contribution in [0.25, 0.3) is 0 Å². The smallest absolute Gasteiger partial charge is 0.0702 e. The third-order valence-corrected chi connectivity index (χ3v) is 3.09. The van der Waals surface area contributed by atoms with Crippen LogP contribution in [-0.2, 0) is 16.1 Å². The summed E-state index contributed by atoms with van der Waals surface area (Å²) in [5.41, 5.74) is 3.21. The second-order valence-corrected chi connectivity index (χ2v) is 4.62. The Hall–Kier alpha value is -1.10. The van der Waals surface area contributed by atoms with Crippen LogP contribution in [0.2, 0.25) is 0 Å². The summed E-state index contributed by atoms with van der Waals surface area (Å²) >= 11 is 0. The molecule has 0 aliphatic heterocycles. The molecule has 1 N–H and O–H groups in total. The summed E-state index contributed by atoms with van der Waals surface area (Å²) in [6.45, 7) is 5.22. The fourth-order valence-electron chi connectivity index (χ4n) is 2.10. The normalized spacial score (nSPS) is 10.7. The van der Waals surface area contributed by atoms with Gasteiger partial charge in [0.15, 0.2) is 0 Å². The molecule has 0 aliphatic carbocycles. The third kappa shape index (κ3) is 5.19. The van der Waals surface area contributed by atoms with Gasteiger partial charge in [0, 0.05) is 45.2 Å². The molecule has 0 fully saturated rings. The molecule has 108 valence electrons. The molecule has 1 aromatic rings. The molecule has 0 saturated carbocycles. The zero-order chi connectivity index (χ0) is 14.1. The molecule has 0 saturated heterocycles. The van der Waals surface area contributed by atoms with Crippen molar-refractivity contribution in [3.05, 3.63) is 29.3 Å². The van der Waals surface area contributed by atoms with Crippen molar-refractivity contribution in [3.8, 4) is 0 Å². The lowest BCUT2D eigenvalue weighted by molar-refractivity contribution is 0.191. The number of nitrogens with zero attached hydrogens (tertiary/aromatic N) is 1. The van der Waals surface area contributed by atoms with Crippen LogP contribution >= 0.6 is 0 Å². The first-order chi connectivity index (χ1) is 9.22. The topological polar surface area (TPSA) is 41.9 Å². The summed E-state index contributed by atoms with van der Waals surface area (Å²) in [6, 6.07) is 6.18. The van der Waals surface area contributed by atoms with Crippen molar-refractivity contribution in [1.29, 1.82) is 0 Å². The Balaban J connectivity index is 2.82. The SMILES string of the molecule is COCCCN(CCOC)c1ccc(C)cc1CO. The van der Waals surface area contributed by atoms with Crippen molar-refractivity contribution in [2.24, 2.45) is 0 Å². The van der Waals surface area contributed by atoms with Crippen LogP contribution in [0.4, 0.5) is 5.69 Å². The number of rotatable bonds is 9. The van der Waals surface area contributed by atoms with Crippen molar-refractivity contribution in [3.63, 3.8) is 0 Å². The van der Waals surface area contributed by atoms with Crippen LogP contribution in [0.5, 0.6) is 0 Å². The van der Waals surface area contributed by atoms with E-state index in [0.717, 1.165) is 42.9 Å². The molecule has 0 unspecified atom stereocenters. The largest absolute Gasteiger partial charge is 0.392 e. The number of methoxy groups -OCH3 is 2. The van der Waals surface area contributed by atoms with Crippen molar-refractivity contribution >= 4 is 5.69 Å². The van der Waals surface area contributed by atoms with Gasteiger partial charge < -0.3 is 19.5 Å². The van der Waals surface area contributed by atoms with Crippen LogP contribution in [0.3, 0.4) is 0 Å². The van der Waals surface area contributed by atoms with Crippen LogP contribution in [0.15, 0.2) is 18.2 Å². The maximum Gasteiger partial charge on any atom is 0.0702 e. The second kappa shape index (κ2) is 8.91. The first-order valence-electron chi connectivity index (χ1n) is 6.66. The molecule has 0 bridgehead atoms. The van der Waals surface area contributed by atoms with Gasteiger partial charge in [-0.15, -0.1) is 0 Å². The van der Waals surface area contributed by atoms with Crippen LogP contribution in [-0.4, -0.2) is 45.6 Å². The fourth-order valence-corrected chi connectivity index (χ4v) is 2.10. The molecular weight excluding hydrogens is 242 g/mol. The zero-order valence-corrected chi connectivity index (χ0v) is 12.2. The molecule has 0 amide bonds. The minimum Gasteiger partial charge on any atom is -0.392 e. The average molecular weight is 267 g/mol. The highest BCUT2D eigenvalue weighted by Crippen LogP contribution is 2.22. The standard InChI is InChI=1S/C15H25NO3/c1-13-5-6-15(14(11-13)12-17)16(8-10-19-3)7-4-9-18-2/h5-6,11,17H,4,7-10,12H2,1-3H3. The number of aliphatic hydroxyl groups is 1. The Labute approximate surface area is 115 Å². The summed E-state index contributed by atoms with van der Waals surface area (Å²) in [5, 5.41) is 9.51. The molecule has 0 aliphatic rings. The third-order valence-electron chi connectivity index (χ3n) is 3.09. The van der Waals surface area contributed by atoms with E-state index in [0.29, 0.717) is 6.61 Å². The van der Waals surface area contributed by atoms with Crippen LogP contribution < -0.4 is 4.90 Å². The molecule has 4 nitrogen and oxygen atoms in total. The highest BCUT2D eigenvalue weighted by molar-refractivity contribution is 5.54. The number of anilines is 1. The second-order valence-electron chi connectivity index (χ2n) is 4.62. The minimum absolute atomic E-state index is 0.0603. The molecule has 4 heteroatoms. The Morgan fingerprint density at radius 3 is 2.47 bits per heavy atom. The fraction of sp³-hybridized carbons (Fsp3) is 0.600. The van der Waals surface area contributed by atoms with E-state index < -0.39 is 0 Å². The van der Waals surface area contributed by atoms with Crippen LogP contribution in [0.1, 0.15) is 17.5 Å². The molecule has 0 heterocycles. The highest BCUT2D eigenvalue weighted by atomic mass is 16.5. The Bertz CT molecular complexity index is 368. The summed E-state index contributed by atoms with van der Waals surface area (Å²) < 4.78 is 10.3. The average Bonchev–Trinajstić information content (AvgIpc) is 2.43. The predicted octanol–water partition coefficient (Wildman–Crippen LogP) is 1.98. The number of aryl methyl sites for hydroxylation is 1. The van der Waals surface area contributed by atoms with E-state index in [2.05, 4.69) is 17.0 Å². The first-order valence-corrected chi connectivity index (χ1v) is 6.66. The van der Waals surface area contributed by atoms with E-state index in [-0.39, 0.29) is 6.61 Å². The van der Waals surface area contributed by atoms with Crippen molar-refractivity contribution in [1.82, 2.24) is 0 Å². The van der Waals surface area contributed by atoms with Gasteiger partial charge in [0.05, 0.1) is 13.2 Å². The Kier molecular flexibility index (Phi) is 7.48. The number of benzene rings is 1. The molecule has 0 aromatic heterocycles. The molecule has 1 rings (SSSR count). The van der Waals surface area contributed by atoms with E-state index in [1.807, 2.05) is 13.0 Å². The number of hydrogen-bond acceptors (Lipinski definition) is 4. The van der Waals surface area contributed by atoms with Gasteiger partial charge >= 0.3 is 0 Å². The van der Waals surface area contributed by atoms with E-state index in [4.69, 9.17) is 9.47 Å². The lowest BCUT2D eigenvalue weighted by atomic mass is 10.1. The summed E-state index contributed by atoms with van der Waals surface area (Å²) in [4.78, 5) is 2.24. The Morgan fingerprint density at radius 1 is 1.11 bits per heavy atom. The quantitative estimate of drug-likeness (QED) is 0.695. The maximum atomic E-state index is 9.51. The van der Waals surface area contributed by atoms with Crippen LogP contribution in [0, 0.1) is 6.92 Å². The zero-order valence-electron chi connectivity index (χ0n) is 12.2. The number of aliphatic hydroxyl groups excluding tert-OH is 1. The molecule has 0 spiro atoms. The van der Waals surface area contributed by atoms with E-state index >= 15 is 0 Å². The summed E-state index contributed by atoms with van der Waals surface area (Å²) in [6.07, 6.45) is 0.957. The lowest BCUT2D eigenvalue weighted by Crippen LogP contribution is -2.30. The molecule has 19 heavy (non-hydrogen) atoms. The van der Waals surface area contributed by atoms with Gasteiger partial charge in [0.25, 0.3) is 0 Å². The first kappa shape index (κ1) is 16.0. The monoisotopic (exact) mass is 267 g/mol. The van der Waals surface area contributed by atoms with Gasteiger partial charge in [0.2, 0.25) is 0 Å². The maximum absolute atomic E-state index is 9.51. The summed E-state index contributed by atoms with van der Waals surface area (Å²) in [5.74, 6) is 0. The molecule has 0 radical (unpaired) electrons. The molecular formula is C15H25NO3. The number of ether oxygens (including phenoxy) is 2. The number of hydrogen-bond donors (Lipinski definition) is 1. The van der Waals surface area contributed by atoms with Gasteiger partial charge in [-0.1, -0.05) is 17.7 Å². The molecule has 0 atom stereocenters. The van der Waals surface area contributed by atoms with Gasteiger partial charge in [-0.05, 0) is 19.4 Å². The van der Waals surface area contributed by atoms with Gasteiger partial charge in [0.1, 0.15) is 0 Å². The van der Waals surface area contributed by atoms with E-state index in [1.54, 1.807) is 14.2 Å². The van der Waals surface area contributed by atoms with Gasteiger partial charge in [-0.25, -0.2) is 0 Å². The predicted molar refractivity (Wildman–Crippen MR) is 77.7 cm³/mol. The van der Waals surface area contributed by atoms with Crippen molar-refractivity contribution in [2.45, 2.75) is 20.0 Å². The van der Waals surface area contributed by atoms with Crippen molar-refractivity contribution < 1.29 is 14.6 Å².